The predicted molar refractivity (Wildman–Crippen MR) is 167 cm³/mol. The van der Waals surface area contributed by atoms with Crippen LogP contribution in [-0.2, 0) is 27.3 Å². The first-order chi connectivity index (χ1) is 20.9. The van der Waals surface area contributed by atoms with Crippen molar-refractivity contribution in [2.24, 2.45) is 16.6 Å². The number of methoxy groups -OCH3 is 1. The van der Waals surface area contributed by atoms with E-state index in [1.807, 2.05) is 32.0 Å². The molecule has 0 saturated heterocycles. The van der Waals surface area contributed by atoms with E-state index in [1.54, 1.807) is 34.2 Å². The summed E-state index contributed by atoms with van der Waals surface area (Å²) in [7, 11) is 4.70. The van der Waals surface area contributed by atoms with Crippen molar-refractivity contribution in [1.82, 2.24) is 10.2 Å². The molecule has 0 aliphatic heterocycles. The molecule has 2 aromatic rings. The summed E-state index contributed by atoms with van der Waals surface area (Å²) in [6.45, 7) is 7.96. The number of nitrogens with two attached hydrogens (primary N) is 1. The van der Waals surface area contributed by atoms with Gasteiger partial charge in [-0.25, -0.2) is 0 Å². The number of primary amides is 1. The molecule has 3 aliphatic rings. The Balaban J connectivity index is 1.78. The summed E-state index contributed by atoms with van der Waals surface area (Å²) in [6.07, 6.45) is 0.0678. The number of phenols is 1. The summed E-state index contributed by atoms with van der Waals surface area (Å²) in [5.41, 5.74) is 1.72. The molecule has 0 spiro atoms. The Hall–Kier alpha value is -4.19. The lowest BCUT2D eigenvalue weighted by Crippen LogP contribution is -2.72. The third kappa shape index (κ3) is 4.47. The van der Waals surface area contributed by atoms with Crippen molar-refractivity contribution in [3.05, 3.63) is 63.9 Å². The van der Waals surface area contributed by atoms with Crippen LogP contribution in [0.15, 0.2) is 47.2 Å². The highest BCUT2D eigenvalue weighted by Crippen LogP contribution is 2.63. The van der Waals surface area contributed by atoms with Gasteiger partial charge in [-0.1, -0.05) is 39.8 Å². The van der Waals surface area contributed by atoms with Crippen LogP contribution < -0.4 is 15.8 Å². The van der Waals surface area contributed by atoms with E-state index in [0.717, 1.165) is 5.56 Å². The second-order valence-electron chi connectivity index (χ2n) is 13.5. The molecular formula is C34H41N3O8. The van der Waals surface area contributed by atoms with Crippen molar-refractivity contribution in [1.29, 1.82) is 0 Å². The summed E-state index contributed by atoms with van der Waals surface area (Å²) in [4.78, 5) is 42.0. The van der Waals surface area contributed by atoms with E-state index in [9.17, 15) is 34.8 Å². The lowest BCUT2D eigenvalue weighted by Gasteiger charge is -2.59. The van der Waals surface area contributed by atoms with Gasteiger partial charge in [-0.15, -0.1) is 0 Å². The number of ether oxygens (including phenoxy) is 1. The van der Waals surface area contributed by atoms with Gasteiger partial charge in [-0.05, 0) is 61.8 Å². The Bertz CT molecular complexity index is 1710. The number of aliphatic hydroxyl groups excluding tert-OH is 2. The first-order valence-electron chi connectivity index (χ1n) is 14.9. The second kappa shape index (κ2) is 10.7. The topological polar surface area (TPSA) is 183 Å². The number of amides is 1. The average Bonchev–Trinajstić information content (AvgIpc) is 2.93. The highest BCUT2D eigenvalue weighted by atomic mass is 16.5. The fourth-order valence-electron chi connectivity index (χ4n) is 7.97. The summed E-state index contributed by atoms with van der Waals surface area (Å²) in [5, 5.41) is 49.7. The minimum Gasteiger partial charge on any atom is -0.508 e. The molecule has 0 bridgehead atoms. The molecule has 1 saturated carbocycles. The highest BCUT2D eigenvalue weighted by Gasteiger charge is 2.72. The molecule has 0 unspecified atom stereocenters. The van der Waals surface area contributed by atoms with Crippen LogP contribution in [0.4, 0.5) is 0 Å². The summed E-state index contributed by atoms with van der Waals surface area (Å²) < 4.78 is 5.71. The average molecular weight is 620 g/mol. The van der Waals surface area contributed by atoms with Crippen LogP contribution in [0, 0.1) is 10.8 Å². The van der Waals surface area contributed by atoms with Crippen molar-refractivity contribution in [3.63, 3.8) is 0 Å². The molecule has 45 heavy (non-hydrogen) atoms. The molecule has 1 amide bonds. The third-order valence-electron chi connectivity index (χ3n) is 9.78. The second-order valence-corrected chi connectivity index (χ2v) is 13.5. The van der Waals surface area contributed by atoms with Crippen molar-refractivity contribution in [2.75, 3.05) is 21.2 Å². The van der Waals surface area contributed by atoms with E-state index in [2.05, 4.69) is 5.32 Å². The van der Waals surface area contributed by atoms with Gasteiger partial charge in [0.25, 0.3) is 5.91 Å². The maximum Gasteiger partial charge on any atom is 0.255 e. The van der Waals surface area contributed by atoms with Gasteiger partial charge in [-0.3, -0.25) is 19.3 Å². The van der Waals surface area contributed by atoms with Crippen LogP contribution >= 0.6 is 0 Å². The molecule has 5 rings (SSSR count). The number of Topliss-reactive ketones (excluding diaryl/α,β-unsaturated/α-hetero) is 2. The van der Waals surface area contributed by atoms with E-state index in [-0.39, 0.29) is 35.8 Å². The molecule has 0 heterocycles. The number of nitrogens with zero attached hydrogens (tertiary/aromatic N) is 1. The Morgan fingerprint density at radius 3 is 2.36 bits per heavy atom. The number of carbonyl (C=O) groups excluding carboxylic acids is 3. The molecule has 2 aromatic carbocycles. The zero-order valence-electron chi connectivity index (χ0n) is 26.6. The highest BCUT2D eigenvalue weighted by molar-refractivity contribution is 6.25. The number of carbonyl (C=O) groups is 3. The quantitative estimate of drug-likeness (QED) is 0.252. The number of likely N-dealkylation sites (N-methyl/N-ethyl adjacent to an activating group) is 1. The number of phenolic OH excluding ortho intramolecular Hbond substituents is 1. The normalized spacial score (nSPS) is 27.9. The third-order valence-corrected chi connectivity index (χ3v) is 9.78. The minimum absolute atomic E-state index is 0.0166. The van der Waals surface area contributed by atoms with Gasteiger partial charge in [0.05, 0.1) is 18.7 Å². The van der Waals surface area contributed by atoms with Crippen molar-refractivity contribution in [3.8, 4) is 22.6 Å². The van der Waals surface area contributed by atoms with Crippen molar-refractivity contribution in [2.45, 2.75) is 64.8 Å². The molecule has 0 radical (unpaired) electrons. The molecule has 7 N–H and O–H groups in total. The van der Waals surface area contributed by atoms with E-state index in [4.69, 9.17) is 10.5 Å². The van der Waals surface area contributed by atoms with Crippen LogP contribution in [0.25, 0.3) is 16.9 Å². The molecular weight excluding hydrogens is 578 g/mol. The zero-order valence-corrected chi connectivity index (χ0v) is 26.6. The van der Waals surface area contributed by atoms with Gasteiger partial charge >= 0.3 is 0 Å². The van der Waals surface area contributed by atoms with Crippen molar-refractivity contribution < 1.29 is 39.5 Å². The maximum absolute atomic E-state index is 14.5. The molecule has 11 heteroatoms. The predicted octanol–water partition coefficient (Wildman–Crippen LogP) is 2.92. The number of aliphatic hydroxyl groups is 3. The van der Waals surface area contributed by atoms with Crippen LogP contribution in [0.2, 0.25) is 0 Å². The number of ketones is 2. The molecule has 240 valence electrons. The smallest absolute Gasteiger partial charge is 0.255 e. The number of nitrogens with one attached hydrogen (secondary N) is 1. The van der Waals surface area contributed by atoms with Crippen molar-refractivity contribution >= 4 is 23.2 Å². The number of fused-ring (bicyclic) bond motifs is 3. The first kappa shape index (κ1) is 32.2. The fourth-order valence-corrected chi connectivity index (χ4v) is 7.97. The number of hydrogen-bond acceptors (Lipinski definition) is 10. The number of aromatic hydroxyl groups is 1. The fraction of sp³-hybridized carbons (Fsp3) is 0.441. The van der Waals surface area contributed by atoms with Gasteiger partial charge in [0.15, 0.2) is 11.4 Å². The van der Waals surface area contributed by atoms with Gasteiger partial charge in [0.2, 0.25) is 5.78 Å². The number of hydrogen-bond donors (Lipinski definition) is 6. The molecule has 4 atom stereocenters. The van der Waals surface area contributed by atoms with E-state index >= 15 is 0 Å². The Kier molecular flexibility index (Phi) is 7.67. The summed E-state index contributed by atoms with van der Waals surface area (Å²) >= 11 is 0. The largest absolute Gasteiger partial charge is 0.508 e. The van der Waals surface area contributed by atoms with Gasteiger partial charge in [-0.2, -0.15) is 0 Å². The van der Waals surface area contributed by atoms with Gasteiger partial charge < -0.3 is 36.2 Å². The van der Waals surface area contributed by atoms with Gasteiger partial charge in [0.1, 0.15) is 28.6 Å². The standard InChI is InChI=1S/C34H41N3O8/c1-16(2)36-14-17-8-11-22(45-7)19(12-17)18-9-10-21(38)23-20(18)13-32(3)15-33(4)28(37(5)6)27(40)24(31(35)43)29(41)34(33,44)30(42)25(32)26(23)39/h8-12,16,28,36,38-39,41,44H,13-15H2,1-7H3,(H2,35,43)/t28-,32+,33+,34-/m1/s1. The summed E-state index contributed by atoms with van der Waals surface area (Å²) in [5.74, 6) is -4.56. The van der Waals surface area contributed by atoms with Crippen LogP contribution in [0.1, 0.15) is 50.8 Å². The molecule has 3 aliphatic carbocycles. The lowest BCUT2D eigenvalue weighted by atomic mass is 9.46. The Morgan fingerprint density at radius 1 is 1.11 bits per heavy atom. The Morgan fingerprint density at radius 2 is 1.78 bits per heavy atom. The zero-order chi connectivity index (χ0) is 33.4. The number of rotatable bonds is 7. The molecule has 11 nitrogen and oxygen atoms in total. The van der Waals surface area contributed by atoms with Crippen LogP contribution in [0.3, 0.4) is 0 Å². The molecule has 1 fully saturated rings. The van der Waals surface area contributed by atoms with Crippen LogP contribution in [0.5, 0.6) is 11.5 Å². The van der Waals surface area contributed by atoms with E-state index in [0.29, 0.717) is 29.0 Å². The number of benzene rings is 2. The van der Waals surface area contributed by atoms with Crippen LogP contribution in [-0.4, -0.2) is 81.7 Å². The maximum atomic E-state index is 14.5. The van der Waals surface area contributed by atoms with E-state index < -0.39 is 57.0 Å². The Labute approximate surface area is 262 Å². The molecule has 0 aromatic heterocycles. The minimum atomic E-state index is -2.77. The first-order valence-corrected chi connectivity index (χ1v) is 14.9. The monoisotopic (exact) mass is 619 g/mol. The van der Waals surface area contributed by atoms with E-state index in [1.165, 1.54) is 17.9 Å². The summed E-state index contributed by atoms with van der Waals surface area (Å²) in [6, 6.07) is 7.96. The van der Waals surface area contributed by atoms with Gasteiger partial charge in [0, 0.05) is 34.6 Å². The lowest BCUT2D eigenvalue weighted by molar-refractivity contribution is -0.175. The SMILES string of the molecule is COc1ccc(CNC(C)C)cc1-c1ccc(O)c2c1C[C@@]1(C)C[C@@]3(C)[C@H](N(C)C)C(=O)C(C(N)=O)=C(O)[C@@]3(O)C(=O)C1=C2O.